The first kappa shape index (κ1) is 13.0. The highest BCUT2D eigenvalue weighted by atomic mass is 35.5. The second-order valence-corrected chi connectivity index (χ2v) is 4.58. The summed E-state index contributed by atoms with van der Waals surface area (Å²) in [5.41, 5.74) is 2.41. The van der Waals surface area contributed by atoms with E-state index in [1.54, 1.807) is 0 Å². The van der Waals surface area contributed by atoms with E-state index in [1.807, 2.05) is 12.1 Å². The molecule has 0 saturated heterocycles. The van der Waals surface area contributed by atoms with Crippen LogP contribution in [-0.2, 0) is 17.6 Å². The molecule has 1 aromatic carbocycles. The molecule has 1 unspecified atom stereocenters. The van der Waals surface area contributed by atoms with Gasteiger partial charge in [0.1, 0.15) is 0 Å². The van der Waals surface area contributed by atoms with Gasteiger partial charge in [0.25, 0.3) is 0 Å². The molecule has 0 aliphatic heterocycles. The van der Waals surface area contributed by atoms with Crippen molar-refractivity contribution >= 4 is 17.6 Å². The number of hydrogen-bond acceptors (Lipinski definition) is 1. The Morgan fingerprint density at radius 2 is 1.88 bits per heavy atom. The number of halogens is 1. The number of carbonyl (C=O) groups is 1. The maximum absolute atomic E-state index is 10.5. The van der Waals surface area contributed by atoms with E-state index in [1.165, 1.54) is 5.56 Å². The van der Waals surface area contributed by atoms with E-state index in [0.29, 0.717) is 6.42 Å². The number of hydrogen-bond donors (Lipinski definition) is 1. The number of benzene rings is 1. The summed E-state index contributed by atoms with van der Waals surface area (Å²) < 4.78 is 0. The zero-order chi connectivity index (χ0) is 12.0. The van der Waals surface area contributed by atoms with Crippen LogP contribution in [0.15, 0.2) is 24.3 Å². The highest BCUT2D eigenvalue weighted by molar-refractivity contribution is 6.21. The van der Waals surface area contributed by atoms with Gasteiger partial charge >= 0.3 is 5.97 Å². The third-order valence-corrected chi connectivity index (χ3v) is 2.72. The van der Waals surface area contributed by atoms with Gasteiger partial charge in [-0.05, 0) is 24.0 Å². The predicted octanol–water partition coefficient (Wildman–Crippen LogP) is 3.26. The second-order valence-electron chi connectivity index (χ2n) is 3.97. The average Bonchev–Trinajstić information content (AvgIpc) is 2.20. The molecule has 0 radical (unpaired) electrons. The van der Waals surface area contributed by atoms with Crippen LogP contribution in [0, 0.1) is 0 Å². The lowest BCUT2D eigenvalue weighted by Crippen LogP contribution is -2.09. The summed E-state index contributed by atoms with van der Waals surface area (Å²) in [6.45, 7) is 2.15. The second kappa shape index (κ2) is 6.54. The van der Waals surface area contributed by atoms with Crippen molar-refractivity contribution in [2.45, 2.75) is 38.0 Å². The Kier molecular flexibility index (Phi) is 5.33. The van der Waals surface area contributed by atoms with Crippen LogP contribution >= 0.6 is 11.6 Å². The van der Waals surface area contributed by atoms with Crippen LogP contribution in [0.4, 0.5) is 0 Å². The smallest absolute Gasteiger partial charge is 0.304 e. The Hall–Kier alpha value is -1.02. The van der Waals surface area contributed by atoms with Gasteiger partial charge in [-0.3, -0.25) is 4.79 Å². The molecule has 1 aromatic rings. The highest BCUT2D eigenvalue weighted by Crippen LogP contribution is 2.13. The average molecular weight is 241 g/mol. The molecule has 3 heteroatoms. The van der Waals surface area contributed by atoms with Crippen molar-refractivity contribution in [1.29, 1.82) is 0 Å². The molecule has 1 rings (SSSR count). The quantitative estimate of drug-likeness (QED) is 0.775. The molecular formula is C13H17ClO2. The van der Waals surface area contributed by atoms with Gasteiger partial charge in [-0.1, -0.05) is 37.6 Å². The third kappa shape index (κ3) is 4.67. The Labute approximate surface area is 101 Å². The SMILES string of the molecule is CCCc1ccc(CC(Cl)CC(=O)O)cc1. The Bertz CT molecular complexity index is 332. The molecule has 0 heterocycles. The summed E-state index contributed by atoms with van der Waals surface area (Å²) in [4.78, 5) is 10.5. The predicted molar refractivity (Wildman–Crippen MR) is 66.0 cm³/mol. The van der Waals surface area contributed by atoms with Crippen LogP contribution < -0.4 is 0 Å². The van der Waals surface area contributed by atoms with Gasteiger partial charge in [-0.2, -0.15) is 0 Å². The number of aryl methyl sites for hydroxylation is 1. The highest BCUT2D eigenvalue weighted by Gasteiger charge is 2.10. The maximum atomic E-state index is 10.5. The van der Waals surface area contributed by atoms with Gasteiger partial charge in [0.05, 0.1) is 6.42 Å². The van der Waals surface area contributed by atoms with Gasteiger partial charge in [-0.15, -0.1) is 11.6 Å². The van der Waals surface area contributed by atoms with E-state index in [0.717, 1.165) is 18.4 Å². The molecule has 0 aliphatic carbocycles. The molecule has 2 nitrogen and oxygen atoms in total. The van der Waals surface area contributed by atoms with Crippen molar-refractivity contribution in [3.8, 4) is 0 Å². The molecule has 1 atom stereocenters. The van der Waals surface area contributed by atoms with Gasteiger partial charge in [0, 0.05) is 5.38 Å². The minimum absolute atomic E-state index is 0.0122. The van der Waals surface area contributed by atoms with Crippen LogP contribution in [0.25, 0.3) is 0 Å². The van der Waals surface area contributed by atoms with Crippen LogP contribution in [0.5, 0.6) is 0 Å². The lowest BCUT2D eigenvalue weighted by molar-refractivity contribution is -0.137. The Morgan fingerprint density at radius 1 is 1.31 bits per heavy atom. The van der Waals surface area contributed by atoms with Crippen LogP contribution in [0.1, 0.15) is 30.9 Å². The number of carboxylic acid groups (broad SMARTS) is 1. The molecule has 0 aliphatic rings. The molecule has 0 amide bonds. The van der Waals surface area contributed by atoms with E-state index >= 15 is 0 Å². The molecule has 0 aromatic heterocycles. The van der Waals surface area contributed by atoms with Crippen LogP contribution in [-0.4, -0.2) is 16.5 Å². The minimum atomic E-state index is -0.845. The summed E-state index contributed by atoms with van der Waals surface area (Å²) in [7, 11) is 0. The normalized spacial score (nSPS) is 12.4. The van der Waals surface area contributed by atoms with Gasteiger partial charge in [-0.25, -0.2) is 0 Å². The monoisotopic (exact) mass is 240 g/mol. The van der Waals surface area contributed by atoms with Crippen LogP contribution in [0.2, 0.25) is 0 Å². The van der Waals surface area contributed by atoms with Crippen molar-refractivity contribution in [2.75, 3.05) is 0 Å². The number of alkyl halides is 1. The van der Waals surface area contributed by atoms with Crippen LogP contribution in [0.3, 0.4) is 0 Å². The summed E-state index contributed by atoms with van der Waals surface area (Å²) >= 11 is 5.93. The van der Waals surface area contributed by atoms with E-state index in [-0.39, 0.29) is 11.8 Å². The number of carboxylic acids is 1. The number of rotatable bonds is 6. The van der Waals surface area contributed by atoms with Gasteiger partial charge in [0.15, 0.2) is 0 Å². The first-order chi connectivity index (χ1) is 7.61. The molecule has 0 spiro atoms. The summed E-state index contributed by atoms with van der Waals surface area (Å²) in [5.74, 6) is -0.845. The fourth-order valence-corrected chi connectivity index (χ4v) is 1.96. The molecule has 88 valence electrons. The lowest BCUT2D eigenvalue weighted by Gasteiger charge is -2.07. The maximum Gasteiger partial charge on any atom is 0.304 e. The zero-order valence-electron chi connectivity index (χ0n) is 9.45. The zero-order valence-corrected chi connectivity index (χ0v) is 10.2. The first-order valence-electron chi connectivity index (χ1n) is 5.55. The lowest BCUT2D eigenvalue weighted by atomic mass is 10.0. The first-order valence-corrected chi connectivity index (χ1v) is 5.99. The number of aliphatic carboxylic acids is 1. The molecule has 0 bridgehead atoms. The molecule has 0 fully saturated rings. The van der Waals surface area contributed by atoms with Crippen molar-refractivity contribution < 1.29 is 9.90 Å². The van der Waals surface area contributed by atoms with Crippen molar-refractivity contribution in [1.82, 2.24) is 0 Å². The Morgan fingerprint density at radius 3 is 2.38 bits per heavy atom. The largest absolute Gasteiger partial charge is 0.481 e. The van der Waals surface area contributed by atoms with Gasteiger partial charge in [0.2, 0.25) is 0 Å². The van der Waals surface area contributed by atoms with E-state index < -0.39 is 5.97 Å². The molecule has 1 N–H and O–H groups in total. The van der Waals surface area contributed by atoms with E-state index in [2.05, 4.69) is 19.1 Å². The van der Waals surface area contributed by atoms with Crippen molar-refractivity contribution in [2.24, 2.45) is 0 Å². The summed E-state index contributed by atoms with van der Waals surface area (Å²) in [6, 6.07) is 8.23. The third-order valence-electron chi connectivity index (χ3n) is 2.41. The standard InChI is InChI=1S/C13H17ClO2/c1-2-3-10-4-6-11(7-5-10)8-12(14)9-13(15)16/h4-7,12H,2-3,8-9H2,1H3,(H,15,16). The summed E-state index contributed by atoms with van der Waals surface area (Å²) in [6.07, 6.45) is 2.84. The molecular weight excluding hydrogens is 224 g/mol. The molecule has 16 heavy (non-hydrogen) atoms. The Balaban J connectivity index is 2.51. The summed E-state index contributed by atoms with van der Waals surface area (Å²) in [5, 5.41) is 8.27. The fourth-order valence-electron chi connectivity index (χ4n) is 1.65. The van der Waals surface area contributed by atoms with Crippen molar-refractivity contribution in [3.63, 3.8) is 0 Å². The minimum Gasteiger partial charge on any atom is -0.481 e. The van der Waals surface area contributed by atoms with E-state index in [9.17, 15) is 4.79 Å². The molecule has 0 saturated carbocycles. The topological polar surface area (TPSA) is 37.3 Å². The van der Waals surface area contributed by atoms with Gasteiger partial charge < -0.3 is 5.11 Å². The van der Waals surface area contributed by atoms with E-state index in [4.69, 9.17) is 16.7 Å². The van der Waals surface area contributed by atoms with Crippen molar-refractivity contribution in [3.05, 3.63) is 35.4 Å². The fraction of sp³-hybridized carbons (Fsp3) is 0.462.